The fourth-order valence-electron chi connectivity index (χ4n) is 3.15. The summed E-state index contributed by atoms with van der Waals surface area (Å²) in [5, 5.41) is 11.9. The van der Waals surface area contributed by atoms with Gasteiger partial charge in [0.15, 0.2) is 0 Å². The molecule has 0 spiro atoms. The second-order valence-electron chi connectivity index (χ2n) is 5.99. The highest BCUT2D eigenvalue weighted by Crippen LogP contribution is 2.52. The number of hydrogen-bond donors (Lipinski definition) is 1. The lowest BCUT2D eigenvalue weighted by Gasteiger charge is -2.21. The summed E-state index contributed by atoms with van der Waals surface area (Å²) >= 11 is 13.1. The molecule has 0 bridgehead atoms. The van der Waals surface area contributed by atoms with Crippen LogP contribution >= 0.6 is 50.6 Å². The van der Waals surface area contributed by atoms with E-state index in [9.17, 15) is 5.11 Å². The number of thiophene rings is 1. The van der Waals surface area contributed by atoms with Crippen molar-refractivity contribution < 1.29 is 5.11 Å². The van der Waals surface area contributed by atoms with Crippen LogP contribution in [0.4, 0.5) is 0 Å². The average Bonchev–Trinajstić information content (AvgIpc) is 3.28. The van der Waals surface area contributed by atoms with Gasteiger partial charge in [0.05, 0.1) is 3.79 Å². The predicted octanol–water partition coefficient (Wildman–Crippen LogP) is 6.53. The predicted molar refractivity (Wildman–Crippen MR) is 115 cm³/mol. The molecule has 3 aromatic rings. The molecule has 2 unspecified atom stereocenters. The molecule has 0 saturated carbocycles. The van der Waals surface area contributed by atoms with Crippen molar-refractivity contribution in [3.8, 4) is 0 Å². The van der Waals surface area contributed by atoms with E-state index in [0.717, 1.165) is 30.6 Å². The van der Waals surface area contributed by atoms with Crippen LogP contribution in [0.2, 0.25) is 5.02 Å². The molecule has 2 atom stereocenters. The monoisotopic (exact) mass is 463 g/mol. The summed E-state index contributed by atoms with van der Waals surface area (Å²) in [5.41, 5.74) is 3.03. The molecule has 1 aliphatic heterocycles. The fraction of sp³-hybridized carbons (Fsp3) is 0.150. The zero-order chi connectivity index (χ0) is 18.1. The van der Waals surface area contributed by atoms with Gasteiger partial charge >= 0.3 is 0 Å². The number of thioether (sulfide) groups is 1. The van der Waals surface area contributed by atoms with Gasteiger partial charge in [0.25, 0.3) is 0 Å². The molecule has 6 heteroatoms. The summed E-state index contributed by atoms with van der Waals surface area (Å²) in [6.45, 7) is 0. The van der Waals surface area contributed by atoms with E-state index in [1.165, 1.54) is 10.4 Å². The van der Waals surface area contributed by atoms with E-state index in [1.807, 2.05) is 24.3 Å². The van der Waals surface area contributed by atoms with Crippen LogP contribution < -0.4 is 0 Å². The van der Waals surface area contributed by atoms with E-state index in [2.05, 4.69) is 45.2 Å². The van der Waals surface area contributed by atoms with Crippen molar-refractivity contribution in [2.75, 3.05) is 5.75 Å². The minimum atomic E-state index is -0.685. The normalized spacial score (nSPS) is 18.3. The highest BCUT2D eigenvalue weighted by molar-refractivity contribution is 9.11. The Balaban J connectivity index is 1.82. The molecule has 4 rings (SSSR count). The summed E-state index contributed by atoms with van der Waals surface area (Å²) in [4.78, 5) is 6.52. The third kappa shape index (κ3) is 3.64. The smallest absolute Gasteiger partial charge is 0.104 e. The molecule has 1 aromatic carbocycles. The van der Waals surface area contributed by atoms with Crippen molar-refractivity contribution in [3.63, 3.8) is 0 Å². The molecule has 2 aromatic heterocycles. The molecule has 132 valence electrons. The highest BCUT2D eigenvalue weighted by atomic mass is 79.9. The summed E-state index contributed by atoms with van der Waals surface area (Å²) in [6, 6.07) is 15.9. The minimum Gasteiger partial charge on any atom is -0.384 e. The number of aliphatic hydroxyl groups is 1. The van der Waals surface area contributed by atoms with Gasteiger partial charge in [-0.15, -0.1) is 23.1 Å². The quantitative estimate of drug-likeness (QED) is 0.476. The number of benzene rings is 1. The lowest BCUT2D eigenvalue weighted by atomic mass is 9.86. The average molecular weight is 465 g/mol. The number of halogens is 2. The van der Waals surface area contributed by atoms with E-state index in [4.69, 9.17) is 11.6 Å². The Labute approximate surface area is 174 Å². The maximum atomic E-state index is 11.2. The molecule has 26 heavy (non-hydrogen) atoms. The first kappa shape index (κ1) is 18.3. The summed E-state index contributed by atoms with van der Waals surface area (Å²) in [7, 11) is 0. The van der Waals surface area contributed by atoms with Crippen molar-refractivity contribution >= 4 is 55.5 Å². The van der Waals surface area contributed by atoms with Crippen LogP contribution in [0.3, 0.4) is 0 Å². The number of rotatable bonds is 4. The van der Waals surface area contributed by atoms with Crippen LogP contribution in [-0.4, -0.2) is 15.8 Å². The summed E-state index contributed by atoms with van der Waals surface area (Å²) in [5.74, 6) is 1.04. The first-order valence-corrected chi connectivity index (χ1v) is 11.1. The van der Waals surface area contributed by atoms with Gasteiger partial charge in [-0.05, 0) is 57.4 Å². The van der Waals surface area contributed by atoms with Crippen molar-refractivity contribution in [2.24, 2.45) is 0 Å². The Morgan fingerprint density at radius 3 is 2.62 bits per heavy atom. The molecule has 1 aliphatic rings. The molecule has 0 amide bonds. The molecule has 0 radical (unpaired) electrons. The number of aliphatic hydroxyl groups excluding tert-OH is 1. The maximum Gasteiger partial charge on any atom is 0.104 e. The fourth-order valence-corrected chi connectivity index (χ4v) is 6.26. The second kappa shape index (κ2) is 7.87. The number of aromatic nitrogens is 1. The van der Waals surface area contributed by atoms with E-state index >= 15 is 0 Å². The van der Waals surface area contributed by atoms with Crippen LogP contribution in [0.1, 0.15) is 28.0 Å². The Morgan fingerprint density at radius 1 is 1.15 bits per heavy atom. The maximum absolute atomic E-state index is 11.2. The van der Waals surface area contributed by atoms with Crippen LogP contribution in [0.5, 0.6) is 0 Å². The molecule has 3 heterocycles. The highest BCUT2D eigenvalue weighted by Gasteiger charge is 2.34. The lowest BCUT2D eigenvalue weighted by Crippen LogP contribution is -2.10. The van der Waals surface area contributed by atoms with Gasteiger partial charge in [-0.25, -0.2) is 0 Å². The van der Waals surface area contributed by atoms with Crippen molar-refractivity contribution in [1.29, 1.82) is 0 Å². The Hall–Kier alpha value is -1.11. The second-order valence-corrected chi connectivity index (χ2v) is 9.92. The van der Waals surface area contributed by atoms with Gasteiger partial charge in [-0.2, -0.15) is 0 Å². The van der Waals surface area contributed by atoms with Crippen LogP contribution in [0.25, 0.3) is 4.91 Å². The number of hydrogen-bond acceptors (Lipinski definition) is 4. The van der Waals surface area contributed by atoms with Crippen molar-refractivity contribution in [3.05, 3.63) is 91.3 Å². The van der Waals surface area contributed by atoms with Crippen LogP contribution in [0, 0.1) is 0 Å². The summed E-state index contributed by atoms with van der Waals surface area (Å²) in [6.07, 6.45) is 2.78. The zero-order valence-electron chi connectivity index (χ0n) is 13.6. The lowest BCUT2D eigenvalue weighted by molar-refractivity contribution is 0.210. The van der Waals surface area contributed by atoms with E-state index in [0.29, 0.717) is 0 Å². The van der Waals surface area contributed by atoms with Crippen LogP contribution in [0.15, 0.2) is 70.3 Å². The topological polar surface area (TPSA) is 33.1 Å². The third-order valence-electron chi connectivity index (χ3n) is 4.40. The van der Waals surface area contributed by atoms with Gasteiger partial charge < -0.3 is 5.11 Å². The largest absolute Gasteiger partial charge is 0.384 e. The first-order chi connectivity index (χ1) is 12.6. The Kier molecular flexibility index (Phi) is 5.53. The van der Waals surface area contributed by atoms with Crippen LogP contribution in [-0.2, 0) is 0 Å². The summed E-state index contributed by atoms with van der Waals surface area (Å²) < 4.78 is 1.09. The van der Waals surface area contributed by atoms with Gasteiger partial charge in [0.2, 0.25) is 0 Å². The van der Waals surface area contributed by atoms with Crippen molar-refractivity contribution in [1.82, 2.24) is 4.98 Å². The minimum absolute atomic E-state index is 0.142. The van der Waals surface area contributed by atoms with Gasteiger partial charge in [-0.3, -0.25) is 4.98 Å². The van der Waals surface area contributed by atoms with E-state index in [1.54, 1.807) is 35.5 Å². The molecule has 2 nitrogen and oxygen atoms in total. The molecule has 0 fully saturated rings. The third-order valence-corrected chi connectivity index (χ3v) is 7.66. The molecule has 0 aliphatic carbocycles. The van der Waals surface area contributed by atoms with Gasteiger partial charge in [0.1, 0.15) is 6.10 Å². The number of pyridine rings is 1. The molecule has 1 N–H and O–H groups in total. The van der Waals surface area contributed by atoms with Gasteiger partial charge in [0, 0.05) is 44.4 Å². The van der Waals surface area contributed by atoms with E-state index in [-0.39, 0.29) is 5.92 Å². The van der Waals surface area contributed by atoms with E-state index < -0.39 is 6.10 Å². The SMILES string of the molecule is OC(C1=C(c2ccc(Br)s2)SCC1c1ccc(Cl)cc1)c1cccnc1. The first-order valence-electron chi connectivity index (χ1n) is 8.09. The zero-order valence-corrected chi connectivity index (χ0v) is 17.6. The van der Waals surface area contributed by atoms with Gasteiger partial charge in [-0.1, -0.05) is 29.8 Å². The number of nitrogens with zero attached hydrogens (tertiary/aromatic N) is 1. The molecular formula is C20H15BrClNOS2. The Morgan fingerprint density at radius 2 is 1.96 bits per heavy atom. The molecule has 0 saturated heterocycles. The van der Waals surface area contributed by atoms with Crippen molar-refractivity contribution in [2.45, 2.75) is 12.0 Å². The molecular weight excluding hydrogens is 450 g/mol. The standard InChI is InChI=1S/C20H15BrClNOS2/c21-17-8-7-16(26-17)20-18(19(24)13-2-1-9-23-10-13)15(11-25-20)12-3-5-14(22)6-4-12/h1-10,15,19,24H,11H2. The Bertz CT molecular complexity index is 940.